The Morgan fingerprint density at radius 3 is 2.83 bits per heavy atom. The molecule has 1 atom stereocenters. The summed E-state index contributed by atoms with van der Waals surface area (Å²) in [6.07, 6.45) is 0. The molecule has 3 heterocycles. The number of aryl methyl sites for hydroxylation is 2. The van der Waals surface area contributed by atoms with Crippen LogP contribution in [-0.4, -0.2) is 41.6 Å². The van der Waals surface area contributed by atoms with Crippen molar-refractivity contribution >= 4 is 56.6 Å². The van der Waals surface area contributed by atoms with Crippen molar-refractivity contribution in [3.63, 3.8) is 0 Å². The number of primary amides is 1. The van der Waals surface area contributed by atoms with E-state index in [2.05, 4.69) is 24.1 Å². The second-order valence-electron chi connectivity index (χ2n) is 7.02. The molecule has 152 valence electrons. The number of hydrogen-bond acceptors (Lipinski definition) is 7. The lowest BCUT2D eigenvalue weighted by molar-refractivity contribution is -0.120. The van der Waals surface area contributed by atoms with E-state index in [0.717, 1.165) is 38.3 Å². The van der Waals surface area contributed by atoms with Crippen LogP contribution in [0, 0.1) is 13.8 Å². The van der Waals surface area contributed by atoms with E-state index in [1.807, 2.05) is 24.3 Å². The number of anilines is 1. The molecule has 1 aromatic carbocycles. The molecule has 1 saturated heterocycles. The Kier molecular flexibility index (Phi) is 5.96. The number of halogens is 1. The van der Waals surface area contributed by atoms with Gasteiger partial charge in [0.2, 0.25) is 5.91 Å². The van der Waals surface area contributed by atoms with Crippen molar-refractivity contribution in [3.05, 3.63) is 45.6 Å². The number of thioether (sulfide) groups is 1. The first-order valence-electron chi connectivity index (χ1n) is 9.35. The number of amides is 1. The number of nitrogens with one attached hydrogen (secondary N) is 1. The second kappa shape index (κ2) is 8.47. The van der Waals surface area contributed by atoms with Crippen LogP contribution in [0.5, 0.6) is 0 Å². The molecule has 0 unspecified atom stereocenters. The van der Waals surface area contributed by atoms with E-state index in [1.54, 1.807) is 23.1 Å². The summed E-state index contributed by atoms with van der Waals surface area (Å²) in [6.45, 7) is 6.19. The number of benzene rings is 1. The highest BCUT2D eigenvalue weighted by atomic mass is 35.5. The quantitative estimate of drug-likeness (QED) is 0.582. The van der Waals surface area contributed by atoms with E-state index in [-0.39, 0.29) is 11.9 Å². The van der Waals surface area contributed by atoms with Gasteiger partial charge in [-0.15, -0.1) is 23.1 Å². The number of nitrogens with two attached hydrogens (primary N) is 1. The van der Waals surface area contributed by atoms with Gasteiger partial charge in [-0.1, -0.05) is 11.6 Å². The van der Waals surface area contributed by atoms with Crippen molar-refractivity contribution in [1.82, 2.24) is 15.3 Å². The molecule has 0 spiro atoms. The summed E-state index contributed by atoms with van der Waals surface area (Å²) >= 11 is 9.34. The summed E-state index contributed by atoms with van der Waals surface area (Å²) < 4.78 is 0. The fraction of sp³-hybridized carbons (Fsp3) is 0.350. The van der Waals surface area contributed by atoms with Gasteiger partial charge in [-0.3, -0.25) is 4.79 Å². The van der Waals surface area contributed by atoms with Crippen LogP contribution < -0.4 is 16.0 Å². The first-order chi connectivity index (χ1) is 13.9. The van der Waals surface area contributed by atoms with E-state index in [0.29, 0.717) is 18.8 Å². The van der Waals surface area contributed by atoms with E-state index in [9.17, 15) is 4.79 Å². The Morgan fingerprint density at radius 2 is 2.10 bits per heavy atom. The molecule has 9 heteroatoms. The molecular weight excluding hydrogens is 426 g/mol. The lowest BCUT2D eigenvalue weighted by Crippen LogP contribution is -2.56. The van der Waals surface area contributed by atoms with Crippen molar-refractivity contribution in [3.8, 4) is 0 Å². The maximum atomic E-state index is 11.7. The van der Waals surface area contributed by atoms with Crippen molar-refractivity contribution in [2.24, 2.45) is 5.73 Å². The van der Waals surface area contributed by atoms with Crippen LogP contribution >= 0.6 is 34.7 Å². The summed E-state index contributed by atoms with van der Waals surface area (Å²) in [5, 5.41) is 4.99. The standard InChI is InChI=1S/C20H22ClN5OS2/c1-11-12(2)29-20-17(11)19(26-8-7-23-15(9-26)18(22)27)24-16(25-20)10-28-14-5-3-13(21)4-6-14/h3-6,15,23H,7-10H2,1-2H3,(H2,22,27)/t15-/m1/s1. The fourth-order valence-corrected chi connectivity index (χ4v) is 5.30. The van der Waals surface area contributed by atoms with Crippen LogP contribution in [0.1, 0.15) is 16.3 Å². The third-order valence-electron chi connectivity index (χ3n) is 5.06. The lowest BCUT2D eigenvalue weighted by Gasteiger charge is -2.33. The number of rotatable bonds is 5. The third-order valence-corrected chi connectivity index (χ3v) is 7.42. The smallest absolute Gasteiger partial charge is 0.236 e. The molecule has 6 nitrogen and oxygen atoms in total. The van der Waals surface area contributed by atoms with Gasteiger partial charge in [0.1, 0.15) is 22.5 Å². The summed E-state index contributed by atoms with van der Waals surface area (Å²) in [4.78, 5) is 27.0. The minimum atomic E-state index is -0.374. The van der Waals surface area contributed by atoms with Gasteiger partial charge in [0.25, 0.3) is 0 Å². The maximum Gasteiger partial charge on any atom is 0.236 e. The molecule has 3 aromatic rings. The van der Waals surface area contributed by atoms with Gasteiger partial charge in [0, 0.05) is 34.4 Å². The zero-order valence-corrected chi connectivity index (χ0v) is 18.6. The highest BCUT2D eigenvalue weighted by molar-refractivity contribution is 7.98. The Morgan fingerprint density at radius 1 is 1.34 bits per heavy atom. The van der Waals surface area contributed by atoms with Gasteiger partial charge >= 0.3 is 0 Å². The number of carbonyl (C=O) groups is 1. The maximum absolute atomic E-state index is 11.7. The van der Waals surface area contributed by atoms with Crippen molar-refractivity contribution < 1.29 is 4.79 Å². The van der Waals surface area contributed by atoms with Crippen LogP contribution in [0.25, 0.3) is 10.2 Å². The first-order valence-corrected chi connectivity index (χ1v) is 11.5. The number of carbonyl (C=O) groups excluding carboxylic acids is 1. The molecule has 1 aliphatic rings. The highest BCUT2D eigenvalue weighted by Crippen LogP contribution is 2.36. The molecule has 29 heavy (non-hydrogen) atoms. The predicted octanol–water partition coefficient (Wildman–Crippen LogP) is 3.52. The van der Waals surface area contributed by atoms with Crippen molar-refractivity contribution in [2.45, 2.75) is 30.5 Å². The van der Waals surface area contributed by atoms with E-state index >= 15 is 0 Å². The Hall–Kier alpha value is -1.87. The van der Waals surface area contributed by atoms with Gasteiger partial charge in [0.05, 0.1) is 11.1 Å². The monoisotopic (exact) mass is 447 g/mol. The topological polar surface area (TPSA) is 84.1 Å². The van der Waals surface area contributed by atoms with E-state index in [4.69, 9.17) is 27.3 Å². The number of piperazine rings is 1. The Balaban J connectivity index is 1.68. The summed E-state index contributed by atoms with van der Waals surface area (Å²) in [6, 6.07) is 7.39. The van der Waals surface area contributed by atoms with Gasteiger partial charge in [-0.2, -0.15) is 0 Å². The van der Waals surface area contributed by atoms with Crippen LogP contribution in [0.15, 0.2) is 29.2 Å². The number of hydrogen-bond donors (Lipinski definition) is 2. The van der Waals surface area contributed by atoms with Crippen molar-refractivity contribution in [1.29, 1.82) is 0 Å². The predicted molar refractivity (Wildman–Crippen MR) is 121 cm³/mol. The van der Waals surface area contributed by atoms with Gasteiger partial charge < -0.3 is 16.0 Å². The number of fused-ring (bicyclic) bond motifs is 1. The van der Waals surface area contributed by atoms with Crippen LogP contribution in [0.2, 0.25) is 5.02 Å². The average Bonchev–Trinajstić information content (AvgIpc) is 3.00. The largest absolute Gasteiger partial charge is 0.368 e. The SMILES string of the molecule is Cc1sc2nc(CSc3ccc(Cl)cc3)nc(N3CCN[C@@H](C(N)=O)C3)c2c1C. The third kappa shape index (κ3) is 4.35. The lowest BCUT2D eigenvalue weighted by atomic mass is 10.1. The van der Waals surface area contributed by atoms with Gasteiger partial charge in [-0.25, -0.2) is 9.97 Å². The van der Waals surface area contributed by atoms with E-state index < -0.39 is 0 Å². The van der Waals surface area contributed by atoms with E-state index in [1.165, 1.54) is 10.4 Å². The number of aromatic nitrogens is 2. The molecule has 0 saturated carbocycles. The summed E-state index contributed by atoms with van der Waals surface area (Å²) in [5.41, 5.74) is 6.74. The molecule has 4 rings (SSSR count). The Labute approximate surface area is 182 Å². The van der Waals surface area contributed by atoms with Crippen LogP contribution in [0.3, 0.4) is 0 Å². The minimum Gasteiger partial charge on any atom is -0.368 e. The summed E-state index contributed by atoms with van der Waals surface area (Å²) in [7, 11) is 0. The minimum absolute atomic E-state index is 0.336. The zero-order chi connectivity index (χ0) is 20.5. The molecule has 1 amide bonds. The molecule has 1 fully saturated rings. The molecule has 0 radical (unpaired) electrons. The molecule has 0 aliphatic carbocycles. The molecule has 2 aromatic heterocycles. The average molecular weight is 448 g/mol. The fourth-order valence-electron chi connectivity index (χ4n) is 3.38. The molecular formula is C20H22ClN5OS2. The Bertz CT molecular complexity index is 1050. The zero-order valence-electron chi connectivity index (χ0n) is 16.2. The molecule has 3 N–H and O–H groups in total. The number of thiophene rings is 1. The van der Waals surface area contributed by atoms with Gasteiger partial charge in [0.15, 0.2) is 0 Å². The highest BCUT2D eigenvalue weighted by Gasteiger charge is 2.27. The van der Waals surface area contributed by atoms with Crippen molar-refractivity contribution in [2.75, 3.05) is 24.5 Å². The second-order valence-corrected chi connectivity index (χ2v) is 9.71. The van der Waals surface area contributed by atoms with Crippen LogP contribution in [0.4, 0.5) is 5.82 Å². The summed E-state index contributed by atoms with van der Waals surface area (Å²) in [5.74, 6) is 2.00. The molecule has 1 aliphatic heterocycles. The first kappa shape index (κ1) is 20.4. The number of nitrogens with zero attached hydrogens (tertiary/aromatic N) is 3. The normalized spacial score (nSPS) is 17.1. The van der Waals surface area contributed by atoms with Crippen LogP contribution in [-0.2, 0) is 10.5 Å². The van der Waals surface area contributed by atoms with Gasteiger partial charge in [-0.05, 0) is 43.7 Å². The molecule has 0 bridgehead atoms.